The van der Waals surface area contributed by atoms with Gasteiger partial charge in [-0.2, -0.15) is 0 Å². The van der Waals surface area contributed by atoms with Crippen LogP contribution in [0.5, 0.6) is 0 Å². The molecule has 3 amide bonds. The van der Waals surface area contributed by atoms with E-state index in [1.165, 1.54) is 10.5 Å². The fraction of sp³-hybridized carbons (Fsp3) is 0.450. The number of aryl methyl sites for hydroxylation is 1. The molecule has 0 bridgehead atoms. The van der Waals surface area contributed by atoms with Gasteiger partial charge in [0.05, 0.1) is 5.69 Å². The van der Waals surface area contributed by atoms with Gasteiger partial charge >= 0.3 is 12.0 Å². The summed E-state index contributed by atoms with van der Waals surface area (Å²) >= 11 is 0. The Bertz CT molecular complexity index is 1030. The summed E-state index contributed by atoms with van der Waals surface area (Å²) in [6.07, 6.45) is 3.85. The molecule has 0 saturated carbocycles. The van der Waals surface area contributed by atoms with Crippen LogP contribution in [0.1, 0.15) is 44.4 Å². The van der Waals surface area contributed by atoms with E-state index in [4.69, 9.17) is 4.74 Å². The van der Waals surface area contributed by atoms with Crippen molar-refractivity contribution in [3.05, 3.63) is 46.0 Å². The van der Waals surface area contributed by atoms with Crippen molar-refractivity contribution >= 4 is 23.6 Å². The summed E-state index contributed by atoms with van der Waals surface area (Å²) in [7, 11) is 0. The molecule has 3 heterocycles. The topological polar surface area (TPSA) is 110 Å². The molecule has 2 aromatic heterocycles. The maximum absolute atomic E-state index is 12.6. The van der Waals surface area contributed by atoms with Crippen LogP contribution in [0.3, 0.4) is 0 Å². The van der Waals surface area contributed by atoms with Gasteiger partial charge in [0, 0.05) is 12.3 Å². The molecule has 1 fully saturated rings. The van der Waals surface area contributed by atoms with Gasteiger partial charge in [0.25, 0.3) is 11.5 Å². The first-order valence-electron chi connectivity index (χ1n) is 9.52. The number of imide groups is 1. The van der Waals surface area contributed by atoms with Crippen molar-refractivity contribution in [3.8, 4) is 0 Å². The van der Waals surface area contributed by atoms with E-state index < -0.39 is 30.0 Å². The lowest BCUT2D eigenvalue weighted by Gasteiger charge is -2.21. The number of hydrogen-bond donors (Lipinski definition) is 1. The van der Waals surface area contributed by atoms with Crippen LogP contribution in [0.25, 0.3) is 5.65 Å². The summed E-state index contributed by atoms with van der Waals surface area (Å²) in [5.74, 6) is -1.19. The highest BCUT2D eigenvalue weighted by atomic mass is 16.5. The van der Waals surface area contributed by atoms with Crippen LogP contribution in [-0.4, -0.2) is 44.3 Å². The zero-order valence-electron chi connectivity index (χ0n) is 16.7. The predicted octanol–water partition coefficient (Wildman–Crippen LogP) is 1.55. The summed E-state index contributed by atoms with van der Waals surface area (Å²) in [6, 6.07) is 4.20. The zero-order chi connectivity index (χ0) is 21.2. The second kappa shape index (κ2) is 8.02. The van der Waals surface area contributed by atoms with Crippen molar-refractivity contribution in [2.75, 3.05) is 6.54 Å². The number of carbonyl (C=O) groups is 3. The van der Waals surface area contributed by atoms with Crippen molar-refractivity contribution in [3.63, 3.8) is 0 Å². The summed E-state index contributed by atoms with van der Waals surface area (Å²) in [4.78, 5) is 54.2. The van der Waals surface area contributed by atoms with Gasteiger partial charge in [-0.15, -0.1) is 0 Å². The van der Waals surface area contributed by atoms with Crippen LogP contribution < -0.4 is 10.9 Å². The molecule has 1 saturated heterocycles. The summed E-state index contributed by atoms with van der Waals surface area (Å²) in [5.41, 5.74) is 0.359. The highest BCUT2D eigenvalue weighted by molar-refractivity contribution is 6.08. The number of nitrogens with one attached hydrogen (secondary N) is 1. The lowest BCUT2D eigenvalue weighted by Crippen LogP contribution is -2.44. The van der Waals surface area contributed by atoms with Gasteiger partial charge in [-0.25, -0.2) is 9.78 Å². The second-order valence-corrected chi connectivity index (χ2v) is 7.44. The van der Waals surface area contributed by atoms with E-state index in [9.17, 15) is 19.2 Å². The average Bonchev–Trinajstić information content (AvgIpc) is 2.89. The molecule has 0 spiro atoms. The summed E-state index contributed by atoms with van der Waals surface area (Å²) < 4.78 is 6.55. The largest absolute Gasteiger partial charge is 0.458 e. The Morgan fingerprint density at radius 2 is 2.03 bits per heavy atom. The molecule has 154 valence electrons. The van der Waals surface area contributed by atoms with Gasteiger partial charge in [-0.05, 0) is 31.9 Å². The smallest absolute Gasteiger partial charge is 0.326 e. The van der Waals surface area contributed by atoms with E-state index in [-0.39, 0.29) is 17.9 Å². The van der Waals surface area contributed by atoms with Crippen LogP contribution in [0.2, 0.25) is 0 Å². The Labute approximate surface area is 167 Å². The molecule has 0 unspecified atom stereocenters. The molecule has 0 aromatic carbocycles. The van der Waals surface area contributed by atoms with Crippen LogP contribution in [0.15, 0.2) is 29.2 Å². The first-order chi connectivity index (χ1) is 13.7. The third-order valence-corrected chi connectivity index (χ3v) is 4.90. The van der Waals surface area contributed by atoms with E-state index in [0.29, 0.717) is 12.1 Å². The van der Waals surface area contributed by atoms with Crippen molar-refractivity contribution in [2.24, 2.45) is 0 Å². The summed E-state index contributed by atoms with van der Waals surface area (Å²) in [5, 5.41) is 2.65. The number of ether oxygens (including phenoxy) is 1. The highest BCUT2D eigenvalue weighted by Crippen LogP contribution is 2.23. The normalized spacial score (nSPS) is 18.9. The van der Waals surface area contributed by atoms with E-state index in [0.717, 1.165) is 23.3 Å². The first kappa shape index (κ1) is 20.5. The van der Waals surface area contributed by atoms with Crippen molar-refractivity contribution in [2.45, 2.75) is 52.2 Å². The van der Waals surface area contributed by atoms with E-state index >= 15 is 0 Å². The van der Waals surface area contributed by atoms with Crippen LogP contribution in [-0.2, 0) is 20.9 Å². The molecule has 1 aliphatic rings. The quantitative estimate of drug-likeness (QED) is 0.558. The lowest BCUT2D eigenvalue weighted by molar-refractivity contribution is -0.148. The van der Waals surface area contributed by atoms with Crippen molar-refractivity contribution < 1.29 is 19.1 Å². The molecular formula is C20H24N4O5. The number of pyridine rings is 1. The predicted molar refractivity (Wildman–Crippen MR) is 104 cm³/mol. The molecule has 1 aliphatic heterocycles. The second-order valence-electron chi connectivity index (χ2n) is 7.44. The van der Waals surface area contributed by atoms with E-state index in [2.05, 4.69) is 10.3 Å². The maximum Gasteiger partial charge on any atom is 0.326 e. The highest BCUT2D eigenvalue weighted by Gasteiger charge is 2.47. The SMILES string of the molecule is CCCC[C@]1(C)NC(=O)N(CC(=O)OCc2cc(=O)n3cc(C)ccc3n2)C1=O. The minimum absolute atomic E-state index is 0.227. The van der Waals surface area contributed by atoms with Gasteiger partial charge in [0.1, 0.15) is 24.3 Å². The number of carbonyl (C=O) groups excluding carboxylic acids is 3. The first-order valence-corrected chi connectivity index (χ1v) is 9.52. The van der Waals surface area contributed by atoms with Crippen LogP contribution in [0, 0.1) is 6.92 Å². The Morgan fingerprint density at radius 1 is 1.28 bits per heavy atom. The number of unbranched alkanes of at least 4 members (excludes halogenated alkanes) is 1. The van der Waals surface area contributed by atoms with Crippen molar-refractivity contribution in [1.82, 2.24) is 19.6 Å². The van der Waals surface area contributed by atoms with Gasteiger partial charge in [0.2, 0.25) is 0 Å². The molecular weight excluding hydrogens is 376 g/mol. The number of fused-ring (bicyclic) bond motifs is 1. The standard InChI is InChI=1S/C20H24N4O5/c1-4-5-8-20(3)18(27)24(19(28)22-20)11-17(26)29-12-14-9-16(25)23-10-13(2)6-7-15(23)21-14/h6-7,9-10H,4-5,8,11-12H2,1-3H3,(H,22,28)/t20-/m0/s1. The monoisotopic (exact) mass is 400 g/mol. The van der Waals surface area contributed by atoms with Gasteiger partial charge < -0.3 is 10.1 Å². The lowest BCUT2D eigenvalue weighted by atomic mass is 9.95. The zero-order valence-corrected chi connectivity index (χ0v) is 16.7. The third-order valence-electron chi connectivity index (χ3n) is 4.90. The summed E-state index contributed by atoms with van der Waals surface area (Å²) in [6.45, 7) is 4.80. The minimum atomic E-state index is -1.000. The molecule has 1 atom stereocenters. The number of urea groups is 1. The van der Waals surface area contributed by atoms with Gasteiger partial charge in [-0.3, -0.25) is 23.7 Å². The Morgan fingerprint density at radius 3 is 2.76 bits per heavy atom. The Hall–Kier alpha value is -3.23. The Kier molecular flexibility index (Phi) is 5.67. The van der Waals surface area contributed by atoms with Gasteiger partial charge in [-0.1, -0.05) is 25.8 Å². The molecule has 2 aromatic rings. The molecule has 0 aliphatic carbocycles. The average molecular weight is 400 g/mol. The van der Waals surface area contributed by atoms with Gasteiger partial charge in [0.15, 0.2) is 0 Å². The number of esters is 1. The number of aromatic nitrogens is 2. The number of nitrogens with zero attached hydrogens (tertiary/aromatic N) is 3. The molecule has 1 N–H and O–H groups in total. The van der Waals surface area contributed by atoms with E-state index in [1.54, 1.807) is 19.2 Å². The molecule has 0 radical (unpaired) electrons. The fourth-order valence-corrected chi connectivity index (χ4v) is 3.25. The van der Waals surface area contributed by atoms with Crippen LogP contribution >= 0.6 is 0 Å². The number of hydrogen-bond acceptors (Lipinski definition) is 6. The minimum Gasteiger partial charge on any atom is -0.458 e. The number of rotatable bonds is 7. The molecule has 29 heavy (non-hydrogen) atoms. The molecule has 9 heteroatoms. The fourth-order valence-electron chi connectivity index (χ4n) is 3.25. The molecule has 3 rings (SSSR count). The number of amides is 3. The maximum atomic E-state index is 12.6. The van der Waals surface area contributed by atoms with E-state index in [1.807, 2.05) is 19.9 Å². The van der Waals surface area contributed by atoms with Crippen molar-refractivity contribution in [1.29, 1.82) is 0 Å². The van der Waals surface area contributed by atoms with Crippen LogP contribution in [0.4, 0.5) is 4.79 Å². The molecule has 9 nitrogen and oxygen atoms in total. The Balaban J connectivity index is 1.64. The third kappa shape index (κ3) is 4.28.